The maximum Gasteiger partial charge on any atom is 0.387 e. The van der Waals surface area contributed by atoms with Gasteiger partial charge in [-0.2, -0.15) is 14.0 Å². The number of carbonyl (C=O) groups is 2. The lowest BCUT2D eigenvalue weighted by atomic mass is 10.2. The summed E-state index contributed by atoms with van der Waals surface area (Å²) in [6.45, 7) is -3.51. The molecule has 0 saturated heterocycles. The highest BCUT2D eigenvalue weighted by molar-refractivity contribution is 7.90. The molecule has 0 aliphatic carbocycles. The monoisotopic (exact) mass is 418 g/mol. The maximum absolute atomic E-state index is 12.5. The lowest BCUT2D eigenvalue weighted by Crippen LogP contribution is -2.52. The third kappa shape index (κ3) is 7.75. The van der Waals surface area contributed by atoms with Crippen molar-refractivity contribution in [3.05, 3.63) is 29.8 Å². The Morgan fingerprint density at radius 1 is 1.29 bits per heavy atom. The van der Waals surface area contributed by atoms with Gasteiger partial charge in [-0.1, -0.05) is 18.2 Å². The van der Waals surface area contributed by atoms with Crippen LogP contribution < -0.4 is 15.4 Å². The van der Waals surface area contributed by atoms with Gasteiger partial charge >= 0.3 is 12.6 Å². The molecule has 0 aromatic heterocycles. The first kappa shape index (κ1) is 23.1. The number of halogens is 2. The van der Waals surface area contributed by atoms with Gasteiger partial charge < -0.3 is 20.3 Å². The molecule has 0 aliphatic heterocycles. The van der Waals surface area contributed by atoms with E-state index in [0.717, 1.165) is 4.90 Å². The second-order valence-electron chi connectivity index (χ2n) is 5.81. The number of ether oxygens (including phenoxy) is 1. The zero-order chi connectivity index (χ0) is 21.3. The van der Waals surface area contributed by atoms with Crippen molar-refractivity contribution in [3.63, 3.8) is 0 Å². The first-order valence-corrected chi connectivity index (χ1v) is 9.73. The summed E-state index contributed by atoms with van der Waals surface area (Å²) in [6.07, 6.45) is 0. The van der Waals surface area contributed by atoms with Gasteiger partial charge in [-0.25, -0.2) is 13.2 Å². The summed E-state index contributed by atoms with van der Waals surface area (Å²) in [5.74, 6) is -2.65. The van der Waals surface area contributed by atoms with Crippen LogP contribution in [-0.2, 0) is 20.4 Å². The van der Waals surface area contributed by atoms with E-state index in [4.69, 9.17) is 5.26 Å². The molecular weight excluding hydrogens is 398 g/mol. The van der Waals surface area contributed by atoms with Crippen molar-refractivity contribution in [2.75, 3.05) is 26.4 Å². The molecule has 154 valence electrons. The Morgan fingerprint density at radius 3 is 2.50 bits per heavy atom. The van der Waals surface area contributed by atoms with Crippen LogP contribution in [0.3, 0.4) is 0 Å². The van der Waals surface area contributed by atoms with Crippen LogP contribution in [0, 0.1) is 11.3 Å². The molecule has 2 N–H and O–H groups in total. The van der Waals surface area contributed by atoms with Gasteiger partial charge in [-0.3, -0.25) is 4.79 Å². The summed E-state index contributed by atoms with van der Waals surface area (Å²) in [7, 11) is -1.25. The van der Waals surface area contributed by atoms with Gasteiger partial charge in [0, 0.05) is 19.7 Å². The van der Waals surface area contributed by atoms with Crippen LogP contribution >= 0.6 is 0 Å². The minimum Gasteiger partial charge on any atom is -0.435 e. The molecule has 0 spiro atoms. The average Bonchev–Trinajstić information content (AvgIpc) is 2.59. The van der Waals surface area contributed by atoms with Crippen LogP contribution in [0.15, 0.2) is 24.3 Å². The van der Waals surface area contributed by atoms with E-state index in [2.05, 4.69) is 15.4 Å². The van der Waals surface area contributed by atoms with Gasteiger partial charge in [0.15, 0.2) is 9.84 Å². The van der Waals surface area contributed by atoms with Crippen LogP contribution in [0.25, 0.3) is 0 Å². The van der Waals surface area contributed by atoms with Gasteiger partial charge in [-0.05, 0) is 6.07 Å². The lowest BCUT2D eigenvalue weighted by Gasteiger charge is -2.20. The van der Waals surface area contributed by atoms with E-state index in [0.29, 0.717) is 0 Å². The fourth-order valence-electron chi connectivity index (χ4n) is 2.09. The Morgan fingerprint density at radius 2 is 1.93 bits per heavy atom. The summed E-state index contributed by atoms with van der Waals surface area (Å²) in [4.78, 5) is 25.0. The number of hydrogen-bond donors (Lipinski definition) is 2. The van der Waals surface area contributed by atoms with E-state index in [1.807, 2.05) is 0 Å². The molecule has 1 aromatic carbocycles. The minimum absolute atomic E-state index is 0.0158. The molecule has 0 saturated carbocycles. The summed E-state index contributed by atoms with van der Waals surface area (Å²) in [6, 6.07) is 4.84. The molecule has 1 atom stereocenters. The molecule has 9 nitrogen and oxygen atoms in total. The zero-order valence-corrected chi connectivity index (χ0v) is 16.0. The number of para-hydroxylation sites is 1. The van der Waals surface area contributed by atoms with Crippen molar-refractivity contribution in [1.82, 2.24) is 15.5 Å². The molecule has 0 unspecified atom stereocenters. The van der Waals surface area contributed by atoms with Gasteiger partial charge in [-0.15, -0.1) is 0 Å². The zero-order valence-electron chi connectivity index (χ0n) is 15.2. The van der Waals surface area contributed by atoms with E-state index in [1.165, 1.54) is 38.4 Å². The lowest BCUT2D eigenvalue weighted by molar-refractivity contribution is -0.122. The van der Waals surface area contributed by atoms with Crippen molar-refractivity contribution in [2.24, 2.45) is 0 Å². The highest BCUT2D eigenvalue weighted by atomic mass is 32.2. The topological polar surface area (TPSA) is 129 Å². The van der Waals surface area contributed by atoms with E-state index in [1.54, 1.807) is 6.07 Å². The van der Waals surface area contributed by atoms with Gasteiger partial charge in [0.25, 0.3) is 0 Å². The third-order valence-electron chi connectivity index (χ3n) is 3.35. The molecule has 12 heteroatoms. The predicted octanol–water partition coefficient (Wildman–Crippen LogP) is 0.482. The number of urea groups is 1. The van der Waals surface area contributed by atoms with Crippen LogP contribution in [0.1, 0.15) is 5.56 Å². The maximum atomic E-state index is 12.5. The number of nitriles is 1. The molecule has 1 aromatic rings. The normalized spacial score (nSPS) is 12.0. The third-order valence-corrected chi connectivity index (χ3v) is 4.94. The standard InChI is InChI=1S/C16H20F2N4O5S/c1-22(2)16(24)21-12(14(23)20-8-7-19)10-28(25,26)9-11-5-3-4-6-13(11)27-15(17)18/h3-6,12,15H,8-10H2,1-2H3,(H,20,23)(H,21,24)/t12-/m0/s1. The number of alkyl halides is 2. The Kier molecular flexibility index (Phi) is 8.59. The second-order valence-corrected chi connectivity index (χ2v) is 7.92. The molecular formula is C16H20F2N4O5S. The molecule has 28 heavy (non-hydrogen) atoms. The number of carbonyl (C=O) groups excluding carboxylic acids is 2. The van der Waals surface area contributed by atoms with Crippen LogP contribution in [0.5, 0.6) is 5.75 Å². The molecule has 3 amide bonds. The Hall–Kier alpha value is -2.94. The highest BCUT2D eigenvalue weighted by Crippen LogP contribution is 2.23. The van der Waals surface area contributed by atoms with Crippen LogP contribution in [-0.4, -0.2) is 64.3 Å². The Bertz CT molecular complexity index is 840. The number of nitrogens with one attached hydrogen (secondary N) is 2. The molecule has 0 aliphatic rings. The highest BCUT2D eigenvalue weighted by Gasteiger charge is 2.28. The first-order chi connectivity index (χ1) is 13.1. The molecule has 0 bridgehead atoms. The average molecular weight is 418 g/mol. The van der Waals surface area contributed by atoms with E-state index < -0.39 is 45.9 Å². The van der Waals surface area contributed by atoms with E-state index in [9.17, 15) is 26.8 Å². The summed E-state index contributed by atoms with van der Waals surface area (Å²) in [5.41, 5.74) is -0.0158. The number of hydrogen-bond acceptors (Lipinski definition) is 6. The van der Waals surface area contributed by atoms with Gasteiger partial charge in [0.2, 0.25) is 5.91 Å². The van der Waals surface area contributed by atoms with Crippen molar-refractivity contribution in [3.8, 4) is 11.8 Å². The minimum atomic E-state index is -4.04. The van der Waals surface area contributed by atoms with E-state index in [-0.39, 0.29) is 17.9 Å². The van der Waals surface area contributed by atoms with E-state index >= 15 is 0 Å². The van der Waals surface area contributed by atoms with Crippen molar-refractivity contribution >= 4 is 21.8 Å². The predicted molar refractivity (Wildman–Crippen MR) is 95.2 cm³/mol. The quantitative estimate of drug-likeness (QED) is 0.562. The molecule has 0 heterocycles. The molecule has 1 rings (SSSR count). The number of rotatable bonds is 9. The molecule has 0 radical (unpaired) electrons. The number of amides is 3. The largest absolute Gasteiger partial charge is 0.435 e. The fraction of sp³-hybridized carbons (Fsp3) is 0.438. The number of benzene rings is 1. The smallest absolute Gasteiger partial charge is 0.387 e. The SMILES string of the molecule is CN(C)C(=O)N[C@@H](CS(=O)(=O)Cc1ccccc1OC(F)F)C(=O)NCC#N. The fourth-order valence-corrected chi connectivity index (χ4v) is 3.67. The Labute approximate surface area is 161 Å². The summed E-state index contributed by atoms with van der Waals surface area (Å²) < 4.78 is 54.3. The van der Waals surface area contributed by atoms with Gasteiger partial charge in [0.1, 0.15) is 18.3 Å². The number of sulfone groups is 1. The first-order valence-electron chi connectivity index (χ1n) is 7.91. The number of nitrogens with zero attached hydrogens (tertiary/aromatic N) is 2. The van der Waals surface area contributed by atoms with Crippen LogP contribution in [0.2, 0.25) is 0 Å². The Balaban J connectivity index is 3.01. The van der Waals surface area contributed by atoms with Crippen molar-refractivity contribution < 1.29 is 31.5 Å². The van der Waals surface area contributed by atoms with Crippen molar-refractivity contribution in [1.29, 1.82) is 5.26 Å². The summed E-state index contributed by atoms with van der Waals surface area (Å²) in [5, 5.41) is 13.0. The van der Waals surface area contributed by atoms with Crippen molar-refractivity contribution in [2.45, 2.75) is 18.4 Å². The van der Waals surface area contributed by atoms with Crippen LogP contribution in [0.4, 0.5) is 13.6 Å². The molecule has 0 fully saturated rings. The summed E-state index contributed by atoms with van der Waals surface area (Å²) >= 11 is 0. The van der Waals surface area contributed by atoms with Gasteiger partial charge in [0.05, 0.1) is 17.6 Å². The second kappa shape index (κ2) is 10.4.